The molecule has 1 amide bonds. The van der Waals surface area contributed by atoms with E-state index in [1.165, 1.54) is 5.56 Å². The Hall–Kier alpha value is -1.49. The number of benzene rings is 1. The van der Waals surface area contributed by atoms with Crippen LogP contribution in [0.15, 0.2) is 30.3 Å². The van der Waals surface area contributed by atoms with Gasteiger partial charge in [0, 0.05) is 18.3 Å². The van der Waals surface area contributed by atoms with Gasteiger partial charge >= 0.3 is 5.97 Å². The first kappa shape index (κ1) is 15.9. The van der Waals surface area contributed by atoms with Crippen LogP contribution >= 0.6 is 11.8 Å². The third-order valence-corrected chi connectivity index (χ3v) is 4.96. The van der Waals surface area contributed by atoms with Crippen LogP contribution in [0.2, 0.25) is 0 Å². The fourth-order valence-electron chi connectivity index (χ4n) is 2.64. The minimum absolute atomic E-state index is 0.0574. The number of rotatable bonds is 6. The maximum Gasteiger partial charge on any atom is 0.305 e. The van der Waals surface area contributed by atoms with Gasteiger partial charge in [0.05, 0.1) is 11.7 Å². The summed E-state index contributed by atoms with van der Waals surface area (Å²) in [6.07, 6.45) is 1.76. The molecule has 1 heterocycles. The Labute approximate surface area is 129 Å². The van der Waals surface area contributed by atoms with Crippen molar-refractivity contribution in [1.82, 2.24) is 4.90 Å². The van der Waals surface area contributed by atoms with E-state index in [0.717, 1.165) is 18.6 Å². The zero-order valence-corrected chi connectivity index (χ0v) is 13.0. The molecule has 1 aromatic rings. The highest BCUT2D eigenvalue weighted by Crippen LogP contribution is 2.25. The fourth-order valence-corrected chi connectivity index (χ4v) is 3.55. The fraction of sp³-hybridized carbons (Fsp3) is 0.500. The molecule has 1 saturated heterocycles. The number of amides is 1. The number of thioether (sulfide) groups is 1. The number of carboxylic acids is 1. The molecule has 1 aromatic carbocycles. The van der Waals surface area contributed by atoms with Crippen LogP contribution in [0.25, 0.3) is 0 Å². The Kier molecular flexibility index (Phi) is 5.67. The van der Waals surface area contributed by atoms with Crippen molar-refractivity contribution in [2.45, 2.75) is 43.2 Å². The van der Waals surface area contributed by atoms with Crippen LogP contribution in [0.5, 0.6) is 0 Å². The molecule has 0 bridgehead atoms. The van der Waals surface area contributed by atoms with E-state index < -0.39 is 5.97 Å². The number of aliphatic carboxylic acids is 1. The minimum Gasteiger partial charge on any atom is -0.481 e. The molecule has 1 fully saturated rings. The normalized spacial score (nSPS) is 19.5. The summed E-state index contributed by atoms with van der Waals surface area (Å²) in [6, 6.07) is 9.93. The SMILES string of the molecule is CC(SCc1ccccc1)C(=O)N1CCCC1CC(=O)O. The standard InChI is InChI=1S/C16H21NO3S/c1-12(21-11-13-6-3-2-4-7-13)16(20)17-9-5-8-14(17)10-15(18)19/h2-4,6-7,12,14H,5,8-11H2,1H3,(H,18,19). The van der Waals surface area contributed by atoms with Crippen molar-refractivity contribution in [2.75, 3.05) is 6.54 Å². The monoisotopic (exact) mass is 307 g/mol. The molecule has 1 N–H and O–H groups in total. The summed E-state index contributed by atoms with van der Waals surface area (Å²) < 4.78 is 0. The van der Waals surface area contributed by atoms with E-state index >= 15 is 0 Å². The summed E-state index contributed by atoms with van der Waals surface area (Å²) in [7, 11) is 0. The molecule has 1 aliphatic rings. The Morgan fingerprint density at radius 3 is 2.76 bits per heavy atom. The van der Waals surface area contributed by atoms with E-state index in [2.05, 4.69) is 0 Å². The lowest BCUT2D eigenvalue weighted by molar-refractivity contribution is -0.139. The highest BCUT2D eigenvalue weighted by Gasteiger charge is 2.32. The molecule has 1 aliphatic heterocycles. The van der Waals surface area contributed by atoms with Gasteiger partial charge in [-0.25, -0.2) is 0 Å². The van der Waals surface area contributed by atoms with E-state index in [1.807, 2.05) is 37.3 Å². The first-order chi connectivity index (χ1) is 10.1. The topological polar surface area (TPSA) is 57.6 Å². The smallest absolute Gasteiger partial charge is 0.305 e. The van der Waals surface area contributed by atoms with Crippen LogP contribution in [0, 0.1) is 0 Å². The number of carbonyl (C=O) groups is 2. The molecule has 2 rings (SSSR count). The van der Waals surface area contributed by atoms with E-state index in [0.29, 0.717) is 6.54 Å². The maximum absolute atomic E-state index is 12.5. The third-order valence-electron chi connectivity index (χ3n) is 3.76. The molecule has 0 spiro atoms. The van der Waals surface area contributed by atoms with E-state index in [4.69, 9.17) is 5.11 Å². The second kappa shape index (κ2) is 7.50. The molecule has 4 nitrogen and oxygen atoms in total. The van der Waals surface area contributed by atoms with Crippen LogP contribution in [0.1, 0.15) is 31.7 Å². The molecule has 5 heteroatoms. The lowest BCUT2D eigenvalue weighted by atomic mass is 10.1. The minimum atomic E-state index is -0.829. The van der Waals surface area contributed by atoms with Gasteiger partial charge in [0.1, 0.15) is 0 Å². The van der Waals surface area contributed by atoms with Gasteiger partial charge < -0.3 is 10.0 Å². The van der Waals surface area contributed by atoms with Gasteiger partial charge in [-0.3, -0.25) is 9.59 Å². The first-order valence-electron chi connectivity index (χ1n) is 7.25. The molecular weight excluding hydrogens is 286 g/mol. The second-order valence-electron chi connectivity index (χ2n) is 5.36. The molecule has 0 aromatic heterocycles. The average molecular weight is 307 g/mol. The summed E-state index contributed by atoms with van der Waals surface area (Å²) in [5, 5.41) is 8.78. The van der Waals surface area contributed by atoms with Crippen LogP contribution in [-0.2, 0) is 15.3 Å². The number of likely N-dealkylation sites (tertiary alicyclic amines) is 1. The van der Waals surface area contributed by atoms with Gasteiger partial charge in [-0.2, -0.15) is 0 Å². The molecule has 21 heavy (non-hydrogen) atoms. The summed E-state index contributed by atoms with van der Waals surface area (Å²) in [4.78, 5) is 25.1. The quantitative estimate of drug-likeness (QED) is 0.878. The van der Waals surface area contributed by atoms with E-state index in [-0.39, 0.29) is 23.6 Å². The van der Waals surface area contributed by atoms with Gasteiger partial charge in [0.2, 0.25) is 5.91 Å². The summed E-state index contributed by atoms with van der Waals surface area (Å²) >= 11 is 1.61. The number of hydrogen-bond acceptors (Lipinski definition) is 3. The van der Waals surface area contributed by atoms with E-state index in [1.54, 1.807) is 16.7 Å². The van der Waals surface area contributed by atoms with Gasteiger partial charge in [-0.15, -0.1) is 11.8 Å². The van der Waals surface area contributed by atoms with Crippen molar-refractivity contribution in [3.8, 4) is 0 Å². The van der Waals surface area contributed by atoms with Gasteiger partial charge in [-0.1, -0.05) is 30.3 Å². The summed E-state index contributed by atoms with van der Waals surface area (Å²) in [5.41, 5.74) is 1.20. The molecule has 0 radical (unpaired) electrons. The van der Waals surface area contributed by atoms with Crippen LogP contribution < -0.4 is 0 Å². The first-order valence-corrected chi connectivity index (χ1v) is 8.30. The van der Waals surface area contributed by atoms with Crippen molar-refractivity contribution in [3.63, 3.8) is 0 Å². The van der Waals surface area contributed by atoms with Crippen LogP contribution in [0.4, 0.5) is 0 Å². The predicted molar refractivity (Wildman–Crippen MR) is 84.2 cm³/mol. The number of nitrogens with zero attached hydrogens (tertiary/aromatic N) is 1. The lowest BCUT2D eigenvalue weighted by Crippen LogP contribution is -2.41. The Morgan fingerprint density at radius 1 is 1.38 bits per heavy atom. The summed E-state index contributed by atoms with van der Waals surface area (Å²) in [5.74, 6) is 0.0366. The van der Waals surface area contributed by atoms with Crippen LogP contribution in [0.3, 0.4) is 0 Å². The highest BCUT2D eigenvalue weighted by atomic mass is 32.2. The molecular formula is C16H21NO3S. The van der Waals surface area contributed by atoms with Crippen LogP contribution in [-0.4, -0.2) is 39.7 Å². The number of carbonyl (C=O) groups excluding carboxylic acids is 1. The number of hydrogen-bond donors (Lipinski definition) is 1. The maximum atomic E-state index is 12.5. The predicted octanol–water partition coefficient (Wildman–Crippen LogP) is 2.77. The van der Waals surface area contributed by atoms with E-state index in [9.17, 15) is 9.59 Å². The van der Waals surface area contributed by atoms with Crippen molar-refractivity contribution in [3.05, 3.63) is 35.9 Å². The van der Waals surface area contributed by atoms with Crippen molar-refractivity contribution in [1.29, 1.82) is 0 Å². The molecule has 0 aliphatic carbocycles. The Bertz CT molecular complexity index is 492. The lowest BCUT2D eigenvalue weighted by Gasteiger charge is -2.26. The third kappa shape index (κ3) is 4.49. The molecule has 114 valence electrons. The Balaban J connectivity index is 1.88. The van der Waals surface area contributed by atoms with Gasteiger partial charge in [0.15, 0.2) is 0 Å². The van der Waals surface area contributed by atoms with Crippen molar-refractivity contribution >= 4 is 23.6 Å². The Morgan fingerprint density at radius 2 is 2.10 bits per heavy atom. The van der Waals surface area contributed by atoms with Crippen molar-refractivity contribution in [2.24, 2.45) is 0 Å². The average Bonchev–Trinajstić information content (AvgIpc) is 2.92. The van der Waals surface area contributed by atoms with Gasteiger partial charge in [-0.05, 0) is 25.3 Å². The van der Waals surface area contributed by atoms with Gasteiger partial charge in [0.25, 0.3) is 0 Å². The molecule has 2 atom stereocenters. The summed E-state index contributed by atoms with van der Waals surface area (Å²) in [6.45, 7) is 2.60. The molecule has 0 saturated carbocycles. The zero-order valence-electron chi connectivity index (χ0n) is 12.2. The highest BCUT2D eigenvalue weighted by molar-refractivity contribution is 7.99. The number of carboxylic acid groups (broad SMARTS) is 1. The second-order valence-corrected chi connectivity index (χ2v) is 6.69. The molecule has 2 unspecified atom stereocenters. The zero-order chi connectivity index (χ0) is 15.2. The largest absolute Gasteiger partial charge is 0.481 e. The van der Waals surface area contributed by atoms with Crippen molar-refractivity contribution < 1.29 is 14.7 Å².